The van der Waals surface area contributed by atoms with Crippen LogP contribution in [0.15, 0.2) is 0 Å². The monoisotopic (exact) mass is 118 g/mol. The normalized spacial score (nSPS) is 3.60. The van der Waals surface area contributed by atoms with Crippen molar-refractivity contribution in [2.75, 3.05) is 0 Å². The molecule has 0 aliphatic rings. The zero-order chi connectivity index (χ0) is 2.71. The molecular weight excluding hydrogens is 112 g/mol. The molecule has 0 rings (SSSR count). The van der Waals surface area contributed by atoms with Gasteiger partial charge in [-0.3, -0.25) is 9.52 Å². The summed E-state index contributed by atoms with van der Waals surface area (Å²) in [5.41, 5.74) is 0. The molecule has 0 fully saturated rings. The van der Waals surface area contributed by atoms with E-state index in [1.54, 1.807) is 0 Å². The van der Waals surface area contributed by atoms with Gasteiger partial charge in [0, 0.05) is 0 Å². The van der Waals surface area contributed by atoms with Crippen molar-refractivity contribution in [3.63, 3.8) is 0 Å². The maximum atomic E-state index is 2.21. The van der Waals surface area contributed by atoms with Gasteiger partial charge in [0.2, 0.25) is 0 Å². The first-order chi connectivity index (χ1) is 1.41. The zero-order valence-electron chi connectivity index (χ0n) is 3.66. The molecule has 0 bridgehead atoms. The molecule has 0 unspecified atom stereocenters. The van der Waals surface area contributed by atoms with E-state index in [0.717, 1.165) is 9.52 Å². The first-order valence-corrected chi connectivity index (χ1v) is 3.46. The zero-order valence-corrected chi connectivity index (χ0v) is 6.99. The fraction of sp³-hybridized carbons (Fsp3) is 1.00. The van der Waals surface area contributed by atoms with Crippen LogP contribution in [-0.4, -0.2) is 32.6 Å². The molecule has 0 aliphatic heterocycles. The van der Waals surface area contributed by atoms with Crippen LogP contribution in [0.25, 0.3) is 0 Å². The summed E-state index contributed by atoms with van der Waals surface area (Å²) < 4.78 is 0. The largest absolute Gasteiger partial charge is 2.00 e. The van der Waals surface area contributed by atoms with Crippen LogP contribution in [0.3, 0.4) is 0 Å². The van der Waals surface area contributed by atoms with E-state index in [4.69, 9.17) is 0 Å². The average molecular weight is 119 g/mol. The van der Waals surface area contributed by atoms with Crippen molar-refractivity contribution in [1.82, 2.24) is 0 Å². The maximum Gasteiger partial charge on any atom is 2.00 e. The number of rotatable bonds is 0. The molecule has 0 nitrogen and oxygen atoms in total. The van der Waals surface area contributed by atoms with Crippen molar-refractivity contribution in [2.24, 2.45) is 0 Å². The van der Waals surface area contributed by atoms with Gasteiger partial charge in [0.25, 0.3) is 0 Å². The van der Waals surface area contributed by atoms with Gasteiger partial charge in [0.1, 0.15) is 0 Å². The van der Waals surface area contributed by atoms with Crippen molar-refractivity contribution in [3.8, 4) is 0 Å². The number of halogens is 1. The van der Waals surface area contributed by atoms with Crippen molar-refractivity contribution in [1.29, 1.82) is 0 Å². The van der Waals surface area contributed by atoms with Crippen LogP contribution in [0.1, 0.15) is 0 Å². The molecule has 0 saturated heterocycles. The molecule has 0 spiro atoms. The SMILES string of the molecule is C[SiH-]C.[Cl-].[Mg+2]. The molecular formula is C2H7ClMgSi. The van der Waals surface area contributed by atoms with E-state index in [1.807, 2.05) is 0 Å². The molecule has 28 valence electrons. The van der Waals surface area contributed by atoms with Crippen LogP contribution < -0.4 is 12.4 Å². The standard InChI is InChI=1S/C2H7Si.ClH.Mg/c1-3-2;;/h3H,1-2H3;1H;/q-1;;+2/p-1. The summed E-state index contributed by atoms with van der Waals surface area (Å²) in [5.74, 6) is 0. The third-order valence-corrected chi connectivity index (χ3v) is 0. The fourth-order valence-corrected chi connectivity index (χ4v) is 0. The molecule has 0 aromatic carbocycles. The van der Waals surface area contributed by atoms with Gasteiger partial charge in [-0.25, -0.2) is 0 Å². The summed E-state index contributed by atoms with van der Waals surface area (Å²) in [5, 5.41) is 0. The molecule has 5 heavy (non-hydrogen) atoms. The Morgan fingerprint density at radius 1 is 1.20 bits per heavy atom. The Bertz CT molecular complexity index is 9.61. The molecule has 0 aromatic rings. The minimum Gasteiger partial charge on any atom is -1.00 e. The Morgan fingerprint density at radius 3 is 1.20 bits per heavy atom. The van der Waals surface area contributed by atoms with E-state index in [2.05, 4.69) is 13.1 Å². The first-order valence-electron chi connectivity index (χ1n) is 1.15. The van der Waals surface area contributed by atoms with Crippen LogP contribution in [0, 0.1) is 0 Å². The third kappa shape index (κ3) is 34.9. The Labute approximate surface area is 58.1 Å². The van der Waals surface area contributed by atoms with Gasteiger partial charge in [0.15, 0.2) is 0 Å². The van der Waals surface area contributed by atoms with Gasteiger partial charge in [-0.1, -0.05) is 0 Å². The van der Waals surface area contributed by atoms with E-state index in [-0.39, 0.29) is 35.5 Å². The van der Waals surface area contributed by atoms with Gasteiger partial charge in [-0.15, -0.1) is 0 Å². The fourth-order valence-electron chi connectivity index (χ4n) is 0. The molecule has 0 aromatic heterocycles. The van der Waals surface area contributed by atoms with Crippen LogP contribution in [0.2, 0.25) is 13.1 Å². The summed E-state index contributed by atoms with van der Waals surface area (Å²) in [7, 11) is 0.750. The van der Waals surface area contributed by atoms with Crippen molar-refractivity contribution >= 4 is 32.6 Å². The van der Waals surface area contributed by atoms with Crippen LogP contribution in [-0.2, 0) is 0 Å². The number of hydrogen-bond acceptors (Lipinski definition) is 0. The number of hydrogen-bond donors (Lipinski definition) is 0. The molecule has 3 heteroatoms. The van der Waals surface area contributed by atoms with E-state index in [9.17, 15) is 0 Å². The van der Waals surface area contributed by atoms with Crippen LogP contribution in [0.4, 0.5) is 0 Å². The first kappa shape index (κ1) is 16.3. The van der Waals surface area contributed by atoms with E-state index in [1.165, 1.54) is 0 Å². The van der Waals surface area contributed by atoms with Gasteiger partial charge in [-0.2, -0.15) is 13.1 Å². The summed E-state index contributed by atoms with van der Waals surface area (Å²) in [6.07, 6.45) is 0. The molecule has 0 aliphatic carbocycles. The van der Waals surface area contributed by atoms with Gasteiger partial charge < -0.3 is 12.4 Å². The summed E-state index contributed by atoms with van der Waals surface area (Å²) in [6, 6.07) is 0. The van der Waals surface area contributed by atoms with Gasteiger partial charge in [-0.05, 0) is 0 Å². The van der Waals surface area contributed by atoms with Crippen LogP contribution >= 0.6 is 0 Å². The van der Waals surface area contributed by atoms with E-state index >= 15 is 0 Å². The predicted molar refractivity (Wildman–Crippen MR) is 24.6 cm³/mol. The summed E-state index contributed by atoms with van der Waals surface area (Å²) in [6.45, 7) is 4.42. The Balaban J connectivity index is -0.0000000200. The molecule has 0 radical (unpaired) electrons. The second-order valence-corrected chi connectivity index (χ2v) is 1.73. The maximum absolute atomic E-state index is 2.21. The topological polar surface area (TPSA) is 0 Å². The molecule has 0 N–H and O–H groups in total. The van der Waals surface area contributed by atoms with Crippen molar-refractivity contribution in [3.05, 3.63) is 0 Å². The second-order valence-electron chi connectivity index (χ2n) is 0.577. The second kappa shape index (κ2) is 18.6. The average Bonchev–Trinajstić information content (AvgIpc) is 0.918. The van der Waals surface area contributed by atoms with E-state index < -0.39 is 0 Å². The minimum absolute atomic E-state index is 0. The Morgan fingerprint density at radius 2 is 1.20 bits per heavy atom. The Kier molecular flexibility index (Phi) is 60.7. The third-order valence-electron chi connectivity index (χ3n) is 0. The van der Waals surface area contributed by atoms with E-state index in [0.29, 0.717) is 0 Å². The Hall–Kier alpha value is 1.27. The molecule has 0 atom stereocenters. The van der Waals surface area contributed by atoms with Crippen molar-refractivity contribution in [2.45, 2.75) is 13.1 Å². The minimum atomic E-state index is 0. The molecule has 0 heterocycles. The van der Waals surface area contributed by atoms with Crippen LogP contribution in [0.5, 0.6) is 0 Å². The summed E-state index contributed by atoms with van der Waals surface area (Å²) in [4.78, 5) is 0. The van der Waals surface area contributed by atoms with Gasteiger partial charge >= 0.3 is 23.1 Å². The smallest absolute Gasteiger partial charge is 1.00 e. The van der Waals surface area contributed by atoms with Gasteiger partial charge in [0.05, 0.1) is 0 Å². The quantitative estimate of drug-likeness (QED) is 0.301. The predicted octanol–water partition coefficient (Wildman–Crippen LogP) is -2.86. The summed E-state index contributed by atoms with van der Waals surface area (Å²) >= 11 is 0. The van der Waals surface area contributed by atoms with Crippen molar-refractivity contribution < 1.29 is 12.4 Å². The molecule has 0 amide bonds. The molecule has 0 saturated carbocycles.